The summed E-state index contributed by atoms with van der Waals surface area (Å²) in [6.45, 7) is 7.00. The molecule has 0 radical (unpaired) electrons. The number of benzene rings is 11. The lowest BCUT2D eigenvalue weighted by Crippen LogP contribution is -2.18. The zero-order valence-electron chi connectivity index (χ0n) is 41.4. The summed E-state index contributed by atoms with van der Waals surface area (Å²) in [6.07, 6.45) is 0. The number of hydrogen-bond acceptors (Lipinski definition) is 3. The molecule has 12 rings (SSSR count). The molecule has 0 fully saturated rings. The van der Waals surface area contributed by atoms with Crippen molar-refractivity contribution in [1.29, 1.82) is 0 Å². The minimum absolute atomic E-state index is 0.207. The van der Waals surface area contributed by atoms with Crippen LogP contribution in [0.5, 0.6) is 0 Å². The van der Waals surface area contributed by atoms with E-state index in [9.17, 15) is 0 Å². The topological polar surface area (TPSA) is 9.72 Å². The number of fused-ring (bicyclic) bond motifs is 3. The van der Waals surface area contributed by atoms with Crippen LogP contribution in [0.4, 0.5) is 51.2 Å². The molecule has 0 heterocycles. The third-order valence-corrected chi connectivity index (χ3v) is 14.5. The average molecular weight is 938 g/mol. The molecule has 350 valence electrons. The van der Waals surface area contributed by atoms with Crippen LogP contribution in [-0.4, -0.2) is 0 Å². The Morgan fingerprint density at radius 2 is 0.630 bits per heavy atom. The van der Waals surface area contributed by atoms with Gasteiger partial charge in [-0.15, -0.1) is 0 Å². The van der Waals surface area contributed by atoms with E-state index < -0.39 is 0 Å². The second-order valence-electron chi connectivity index (χ2n) is 19.4. The van der Waals surface area contributed by atoms with Crippen LogP contribution in [0.1, 0.15) is 30.5 Å². The molecule has 0 saturated heterocycles. The molecule has 0 spiro atoms. The van der Waals surface area contributed by atoms with Gasteiger partial charge in [0, 0.05) is 39.5 Å². The fourth-order valence-corrected chi connectivity index (χ4v) is 11.0. The van der Waals surface area contributed by atoms with E-state index in [2.05, 4.69) is 315 Å². The maximum atomic E-state index is 2.46. The van der Waals surface area contributed by atoms with Crippen molar-refractivity contribution in [2.24, 2.45) is 0 Å². The third kappa shape index (κ3) is 8.55. The smallest absolute Gasteiger partial charge is 0.0503 e. The highest BCUT2D eigenvalue weighted by atomic mass is 15.2. The van der Waals surface area contributed by atoms with Crippen LogP contribution < -0.4 is 14.7 Å². The molecular weight excluding hydrogens is 883 g/mol. The summed E-state index contributed by atoms with van der Waals surface area (Å²) >= 11 is 0. The van der Waals surface area contributed by atoms with E-state index in [0.717, 1.165) is 56.7 Å². The molecule has 73 heavy (non-hydrogen) atoms. The van der Waals surface area contributed by atoms with Crippen molar-refractivity contribution in [1.82, 2.24) is 0 Å². The first-order valence-corrected chi connectivity index (χ1v) is 25.3. The summed E-state index contributed by atoms with van der Waals surface area (Å²) in [6, 6.07) is 101. The molecule has 3 nitrogen and oxygen atoms in total. The monoisotopic (exact) mass is 937 g/mol. The number of aryl methyl sites for hydroxylation is 1. The number of hydrogen-bond donors (Lipinski definition) is 0. The molecule has 0 bridgehead atoms. The molecular formula is C70H55N3. The van der Waals surface area contributed by atoms with E-state index in [1.807, 2.05) is 0 Å². The van der Waals surface area contributed by atoms with Crippen molar-refractivity contribution >= 4 is 51.2 Å². The minimum atomic E-state index is -0.207. The van der Waals surface area contributed by atoms with Crippen molar-refractivity contribution in [2.45, 2.75) is 26.2 Å². The highest BCUT2D eigenvalue weighted by Gasteiger charge is 2.37. The Kier molecular flexibility index (Phi) is 11.8. The van der Waals surface area contributed by atoms with Gasteiger partial charge in [-0.3, -0.25) is 0 Å². The Bertz CT molecular complexity index is 3510. The Labute approximate surface area is 430 Å². The van der Waals surface area contributed by atoms with E-state index >= 15 is 0 Å². The van der Waals surface area contributed by atoms with Gasteiger partial charge in [0.1, 0.15) is 0 Å². The molecule has 1 aliphatic carbocycles. The predicted octanol–water partition coefficient (Wildman–Crippen LogP) is 19.7. The van der Waals surface area contributed by atoms with Crippen LogP contribution in [0.3, 0.4) is 0 Å². The van der Waals surface area contributed by atoms with Crippen LogP contribution in [0, 0.1) is 6.92 Å². The first kappa shape index (κ1) is 45.0. The van der Waals surface area contributed by atoms with Gasteiger partial charge in [0.25, 0.3) is 0 Å². The Hall–Kier alpha value is -9.18. The van der Waals surface area contributed by atoms with Gasteiger partial charge in [-0.2, -0.15) is 0 Å². The molecule has 0 amide bonds. The van der Waals surface area contributed by atoms with Crippen LogP contribution in [0.2, 0.25) is 0 Å². The SMILES string of the molecule is Cc1cccc2c1-c1ccc(N(c3ccc(-c4cc(-c5ccccc5)ccc4-c4ccccc4)cc3)c3cc(N(c4ccccc4)c4ccccc4)cc(N(c4ccccc4)c4ccccc4)c3)cc1C2(C)C. The second kappa shape index (κ2) is 19.2. The highest BCUT2D eigenvalue weighted by Crippen LogP contribution is 2.53. The molecule has 0 atom stereocenters. The van der Waals surface area contributed by atoms with Gasteiger partial charge in [-0.25, -0.2) is 0 Å². The number of rotatable bonds is 12. The number of nitrogens with zero attached hydrogens (tertiary/aromatic N) is 3. The van der Waals surface area contributed by atoms with Gasteiger partial charge >= 0.3 is 0 Å². The number of para-hydroxylation sites is 4. The van der Waals surface area contributed by atoms with E-state index in [1.165, 1.54) is 55.6 Å². The normalized spacial score (nSPS) is 12.2. The van der Waals surface area contributed by atoms with Gasteiger partial charge in [0.2, 0.25) is 0 Å². The standard InChI is InChI=1S/C70H55N3/c1-50-23-22-36-67-69(50)65-44-42-60(49-68(65)70(67,2)3)73(59-40-37-53(38-41-59)66-45-54(51-24-10-4-11-25-51)39-43-64(66)52-26-12-5-13-27-52)63-47-61(71(55-28-14-6-15-29-55)56-30-16-7-17-31-56)46-62(48-63)72(57-32-18-8-19-33-57)58-34-20-9-21-35-58/h4-49H,1-3H3. The summed E-state index contributed by atoms with van der Waals surface area (Å²) < 4.78 is 0. The molecule has 3 heteroatoms. The first-order chi connectivity index (χ1) is 35.9. The van der Waals surface area contributed by atoms with Crippen molar-refractivity contribution in [3.05, 3.63) is 296 Å². The van der Waals surface area contributed by atoms with Gasteiger partial charge in [0.15, 0.2) is 0 Å². The van der Waals surface area contributed by atoms with E-state index in [-0.39, 0.29) is 5.41 Å². The van der Waals surface area contributed by atoms with Gasteiger partial charge < -0.3 is 14.7 Å². The highest BCUT2D eigenvalue weighted by molar-refractivity contribution is 5.93. The van der Waals surface area contributed by atoms with Crippen LogP contribution in [-0.2, 0) is 5.41 Å². The van der Waals surface area contributed by atoms with E-state index in [4.69, 9.17) is 0 Å². The molecule has 1 aliphatic rings. The van der Waals surface area contributed by atoms with Gasteiger partial charge in [0.05, 0.1) is 17.1 Å². The fourth-order valence-electron chi connectivity index (χ4n) is 11.0. The second-order valence-corrected chi connectivity index (χ2v) is 19.4. The van der Waals surface area contributed by atoms with Crippen molar-refractivity contribution in [2.75, 3.05) is 14.7 Å². The lowest BCUT2D eigenvalue weighted by molar-refractivity contribution is 0.660. The largest absolute Gasteiger partial charge is 0.310 e. The van der Waals surface area contributed by atoms with Crippen LogP contribution in [0.25, 0.3) is 44.5 Å². The minimum Gasteiger partial charge on any atom is -0.310 e. The summed E-state index contributed by atoms with van der Waals surface area (Å²) in [5.74, 6) is 0. The predicted molar refractivity (Wildman–Crippen MR) is 309 cm³/mol. The van der Waals surface area contributed by atoms with Gasteiger partial charge in [-0.05, 0) is 165 Å². The lowest BCUT2D eigenvalue weighted by atomic mass is 9.82. The molecule has 0 saturated carbocycles. The first-order valence-electron chi connectivity index (χ1n) is 25.3. The summed E-state index contributed by atoms with van der Waals surface area (Å²) in [4.78, 5) is 7.21. The maximum Gasteiger partial charge on any atom is 0.0503 e. The van der Waals surface area contributed by atoms with Crippen LogP contribution >= 0.6 is 0 Å². The Balaban J connectivity index is 1.10. The fraction of sp³-hybridized carbons (Fsp3) is 0.0571. The van der Waals surface area contributed by atoms with Crippen LogP contribution in [0.15, 0.2) is 279 Å². The molecule has 11 aromatic rings. The zero-order chi connectivity index (χ0) is 49.3. The zero-order valence-corrected chi connectivity index (χ0v) is 41.4. The van der Waals surface area contributed by atoms with E-state index in [0.29, 0.717) is 0 Å². The summed E-state index contributed by atoms with van der Waals surface area (Å²) in [5, 5.41) is 0. The van der Waals surface area contributed by atoms with Crippen molar-refractivity contribution < 1.29 is 0 Å². The molecule has 0 N–H and O–H groups in total. The maximum absolute atomic E-state index is 2.46. The molecule has 0 aromatic heterocycles. The van der Waals surface area contributed by atoms with E-state index in [1.54, 1.807) is 0 Å². The van der Waals surface area contributed by atoms with Crippen molar-refractivity contribution in [3.8, 4) is 44.5 Å². The van der Waals surface area contributed by atoms with Gasteiger partial charge in [-0.1, -0.05) is 196 Å². The molecule has 11 aromatic carbocycles. The Morgan fingerprint density at radius 3 is 1.12 bits per heavy atom. The molecule has 0 unspecified atom stereocenters. The lowest BCUT2D eigenvalue weighted by Gasteiger charge is -2.33. The third-order valence-electron chi connectivity index (χ3n) is 14.5. The summed E-state index contributed by atoms with van der Waals surface area (Å²) in [5.41, 5.74) is 23.0. The Morgan fingerprint density at radius 1 is 0.247 bits per heavy atom. The number of anilines is 9. The molecule has 0 aliphatic heterocycles. The quantitative estimate of drug-likeness (QED) is 0.121. The summed E-state index contributed by atoms with van der Waals surface area (Å²) in [7, 11) is 0. The average Bonchev–Trinajstić information content (AvgIpc) is 3.68. The van der Waals surface area contributed by atoms with Crippen molar-refractivity contribution in [3.63, 3.8) is 0 Å².